The molecule has 0 spiro atoms. The summed E-state index contributed by atoms with van der Waals surface area (Å²) in [6.45, 7) is -0.234. The van der Waals surface area contributed by atoms with E-state index in [-0.39, 0.29) is 12.1 Å². The van der Waals surface area contributed by atoms with Gasteiger partial charge in [-0.1, -0.05) is 0 Å². The molecule has 1 N–H and O–H groups in total. The first kappa shape index (κ1) is 18.1. The molecule has 0 aliphatic carbocycles. The van der Waals surface area contributed by atoms with E-state index < -0.39 is 5.91 Å². The lowest BCUT2D eigenvalue weighted by Gasteiger charge is -2.12. The summed E-state index contributed by atoms with van der Waals surface area (Å²) in [4.78, 5) is 28.5. The number of nitrogens with one attached hydrogen (secondary N) is 1. The number of amides is 1. The van der Waals surface area contributed by atoms with Crippen molar-refractivity contribution >= 4 is 11.6 Å². The Morgan fingerprint density at radius 1 is 1.15 bits per heavy atom. The van der Waals surface area contributed by atoms with Gasteiger partial charge in [0.05, 0.1) is 25.6 Å². The van der Waals surface area contributed by atoms with E-state index in [4.69, 9.17) is 9.47 Å². The van der Waals surface area contributed by atoms with E-state index in [9.17, 15) is 9.59 Å². The molecule has 0 saturated carbocycles. The summed E-state index contributed by atoms with van der Waals surface area (Å²) in [5.41, 5.74) is 1.40. The normalized spacial score (nSPS) is 10.3. The van der Waals surface area contributed by atoms with Crippen LogP contribution >= 0.6 is 0 Å². The molecule has 0 saturated heterocycles. The third-order valence-corrected chi connectivity index (χ3v) is 3.80. The SMILES string of the molecule is COc1ccc(NC(=O)Cn2nc(-c3cccnc3)ccc2=O)c(OC)c1. The number of carbonyl (C=O) groups excluding carboxylic acids is 1. The van der Waals surface area contributed by atoms with Gasteiger partial charge in [0.15, 0.2) is 0 Å². The van der Waals surface area contributed by atoms with Gasteiger partial charge >= 0.3 is 0 Å². The van der Waals surface area contributed by atoms with E-state index in [1.54, 1.807) is 49.8 Å². The predicted octanol–water partition coefficient (Wildman–Crippen LogP) is 1.96. The first-order chi connectivity index (χ1) is 13.1. The zero-order valence-corrected chi connectivity index (χ0v) is 14.9. The third kappa shape index (κ3) is 4.30. The van der Waals surface area contributed by atoms with Crippen LogP contribution in [0.5, 0.6) is 11.5 Å². The van der Waals surface area contributed by atoms with Crippen LogP contribution in [0.2, 0.25) is 0 Å². The second-order valence-corrected chi connectivity index (χ2v) is 5.57. The molecular formula is C19H18N4O4. The van der Waals surface area contributed by atoms with Gasteiger partial charge in [-0.3, -0.25) is 14.6 Å². The molecule has 8 nitrogen and oxygen atoms in total. The summed E-state index contributed by atoms with van der Waals surface area (Å²) in [7, 11) is 3.04. The van der Waals surface area contributed by atoms with Crippen molar-refractivity contribution in [2.45, 2.75) is 6.54 Å². The molecular weight excluding hydrogens is 348 g/mol. The smallest absolute Gasteiger partial charge is 0.267 e. The first-order valence-corrected chi connectivity index (χ1v) is 8.11. The first-order valence-electron chi connectivity index (χ1n) is 8.11. The number of ether oxygens (including phenoxy) is 2. The van der Waals surface area contributed by atoms with Crippen molar-refractivity contribution in [2.24, 2.45) is 0 Å². The van der Waals surface area contributed by atoms with Crippen molar-refractivity contribution in [3.63, 3.8) is 0 Å². The lowest BCUT2D eigenvalue weighted by atomic mass is 10.2. The summed E-state index contributed by atoms with van der Waals surface area (Å²) >= 11 is 0. The zero-order chi connectivity index (χ0) is 19.2. The van der Waals surface area contributed by atoms with Gasteiger partial charge in [0.1, 0.15) is 18.0 Å². The van der Waals surface area contributed by atoms with Crippen LogP contribution in [0.25, 0.3) is 11.3 Å². The molecule has 27 heavy (non-hydrogen) atoms. The molecule has 0 bridgehead atoms. The minimum atomic E-state index is -0.406. The monoisotopic (exact) mass is 366 g/mol. The molecule has 0 aliphatic rings. The number of rotatable bonds is 6. The highest BCUT2D eigenvalue weighted by atomic mass is 16.5. The second-order valence-electron chi connectivity index (χ2n) is 5.57. The molecule has 3 aromatic rings. The predicted molar refractivity (Wildman–Crippen MR) is 99.9 cm³/mol. The van der Waals surface area contributed by atoms with Crippen LogP contribution in [0.3, 0.4) is 0 Å². The Labute approximate surface area is 155 Å². The topological polar surface area (TPSA) is 95.3 Å². The molecule has 0 unspecified atom stereocenters. The number of hydrogen-bond acceptors (Lipinski definition) is 6. The highest BCUT2D eigenvalue weighted by molar-refractivity contribution is 5.92. The minimum absolute atomic E-state index is 0.234. The maximum Gasteiger partial charge on any atom is 0.267 e. The van der Waals surface area contributed by atoms with Gasteiger partial charge in [-0.25, -0.2) is 4.68 Å². The molecule has 0 aliphatic heterocycles. The van der Waals surface area contributed by atoms with Crippen LogP contribution in [0.1, 0.15) is 0 Å². The maximum atomic E-state index is 12.4. The number of nitrogens with zero attached hydrogens (tertiary/aromatic N) is 3. The van der Waals surface area contributed by atoms with Gasteiger partial charge < -0.3 is 14.8 Å². The van der Waals surface area contributed by atoms with Crippen molar-refractivity contribution in [3.05, 3.63) is 65.2 Å². The number of methoxy groups -OCH3 is 2. The fraction of sp³-hybridized carbons (Fsp3) is 0.158. The summed E-state index contributed by atoms with van der Waals surface area (Å²) in [6, 6.07) is 11.6. The lowest BCUT2D eigenvalue weighted by Crippen LogP contribution is -2.29. The van der Waals surface area contributed by atoms with E-state index in [1.165, 1.54) is 13.2 Å². The molecule has 1 aromatic carbocycles. The van der Waals surface area contributed by atoms with E-state index in [1.807, 2.05) is 6.07 Å². The Bertz CT molecular complexity index is 1000. The van der Waals surface area contributed by atoms with E-state index in [0.29, 0.717) is 22.9 Å². The van der Waals surface area contributed by atoms with E-state index in [0.717, 1.165) is 10.2 Å². The van der Waals surface area contributed by atoms with E-state index >= 15 is 0 Å². The number of aromatic nitrogens is 3. The molecule has 0 fully saturated rings. The number of hydrogen-bond donors (Lipinski definition) is 1. The Balaban J connectivity index is 1.79. The third-order valence-electron chi connectivity index (χ3n) is 3.80. The fourth-order valence-electron chi connectivity index (χ4n) is 2.46. The second kappa shape index (κ2) is 8.13. The van der Waals surface area contributed by atoms with Gasteiger partial charge in [-0.05, 0) is 30.3 Å². The molecule has 0 atom stereocenters. The Morgan fingerprint density at radius 2 is 2.00 bits per heavy atom. The highest BCUT2D eigenvalue weighted by Crippen LogP contribution is 2.28. The molecule has 2 aromatic heterocycles. The Morgan fingerprint density at radius 3 is 2.70 bits per heavy atom. The van der Waals surface area contributed by atoms with Crippen LogP contribution in [-0.4, -0.2) is 34.9 Å². The average Bonchev–Trinajstić information content (AvgIpc) is 2.70. The minimum Gasteiger partial charge on any atom is -0.497 e. The lowest BCUT2D eigenvalue weighted by molar-refractivity contribution is -0.117. The summed E-state index contributed by atoms with van der Waals surface area (Å²) in [5, 5.41) is 6.96. The number of carbonyl (C=O) groups is 1. The van der Waals surface area contributed by atoms with Crippen molar-refractivity contribution < 1.29 is 14.3 Å². The highest BCUT2D eigenvalue weighted by Gasteiger charge is 2.12. The molecule has 138 valence electrons. The van der Waals surface area contributed by atoms with Crippen molar-refractivity contribution in [1.29, 1.82) is 0 Å². The molecule has 0 radical (unpaired) electrons. The van der Waals surface area contributed by atoms with Gasteiger partial charge in [0, 0.05) is 30.1 Å². The Hall–Kier alpha value is -3.68. The Kier molecular flexibility index (Phi) is 5.46. The van der Waals surface area contributed by atoms with Crippen molar-refractivity contribution in [1.82, 2.24) is 14.8 Å². The van der Waals surface area contributed by atoms with Crippen LogP contribution in [0.4, 0.5) is 5.69 Å². The average molecular weight is 366 g/mol. The summed E-state index contributed by atoms with van der Waals surface area (Å²) in [5.74, 6) is 0.649. The van der Waals surface area contributed by atoms with Crippen molar-refractivity contribution in [3.8, 4) is 22.8 Å². The molecule has 1 amide bonds. The van der Waals surface area contributed by atoms with Crippen LogP contribution < -0.4 is 20.3 Å². The van der Waals surface area contributed by atoms with Gasteiger partial charge in [0.2, 0.25) is 5.91 Å². The van der Waals surface area contributed by atoms with Crippen LogP contribution in [0, 0.1) is 0 Å². The van der Waals surface area contributed by atoms with Crippen LogP contribution in [-0.2, 0) is 11.3 Å². The molecule has 3 rings (SSSR count). The number of anilines is 1. The quantitative estimate of drug-likeness (QED) is 0.717. The largest absolute Gasteiger partial charge is 0.497 e. The standard InChI is InChI=1S/C19H18N4O4/c1-26-14-5-6-16(17(10-14)27-2)21-18(24)12-23-19(25)8-7-15(22-23)13-4-3-9-20-11-13/h3-11H,12H2,1-2H3,(H,21,24). The van der Waals surface area contributed by atoms with E-state index in [2.05, 4.69) is 15.4 Å². The number of benzene rings is 1. The molecule has 8 heteroatoms. The number of pyridine rings is 1. The molecule has 2 heterocycles. The maximum absolute atomic E-state index is 12.4. The fourth-order valence-corrected chi connectivity index (χ4v) is 2.46. The summed E-state index contributed by atoms with van der Waals surface area (Å²) < 4.78 is 11.5. The van der Waals surface area contributed by atoms with Gasteiger partial charge in [-0.15, -0.1) is 0 Å². The van der Waals surface area contributed by atoms with Crippen LogP contribution in [0.15, 0.2) is 59.7 Å². The van der Waals surface area contributed by atoms with Gasteiger partial charge in [0.25, 0.3) is 5.56 Å². The zero-order valence-electron chi connectivity index (χ0n) is 14.9. The summed E-state index contributed by atoms with van der Waals surface area (Å²) in [6.07, 6.45) is 3.29. The van der Waals surface area contributed by atoms with Crippen molar-refractivity contribution in [2.75, 3.05) is 19.5 Å². The van der Waals surface area contributed by atoms with Gasteiger partial charge in [-0.2, -0.15) is 5.10 Å².